The van der Waals surface area contributed by atoms with Crippen molar-refractivity contribution in [3.63, 3.8) is 0 Å². The molecule has 0 bridgehead atoms. The second kappa shape index (κ2) is 3.77. The van der Waals surface area contributed by atoms with E-state index in [0.29, 0.717) is 12.1 Å². The Balaban J connectivity index is 3.54. The smallest absolute Gasteiger partial charge is 0.416 e. The van der Waals surface area contributed by atoms with Crippen LogP contribution < -0.4 is 5.73 Å². The van der Waals surface area contributed by atoms with Gasteiger partial charge in [0.1, 0.15) is 0 Å². The molecule has 1 rings (SSSR count). The summed E-state index contributed by atoms with van der Waals surface area (Å²) in [6, 6.07) is 1.10. The largest absolute Gasteiger partial charge is 0.478 e. The number of halogens is 3. The molecule has 0 saturated heterocycles. The Morgan fingerprint density at radius 1 is 1.44 bits per heavy atom. The van der Waals surface area contributed by atoms with Crippen molar-refractivity contribution in [1.82, 2.24) is 0 Å². The molecule has 0 heterocycles. The summed E-state index contributed by atoms with van der Waals surface area (Å²) >= 11 is 0. The molecular formula is C10H6F3NO2. The van der Waals surface area contributed by atoms with Crippen LogP contribution in [0.5, 0.6) is 0 Å². The minimum absolute atomic E-state index is 0.285. The number of alkyl halides is 3. The first-order valence-electron chi connectivity index (χ1n) is 3.98. The van der Waals surface area contributed by atoms with Gasteiger partial charge in [-0.15, -0.1) is 6.42 Å². The molecule has 0 aliphatic heterocycles. The van der Waals surface area contributed by atoms with E-state index in [2.05, 4.69) is 0 Å². The van der Waals surface area contributed by atoms with Crippen LogP contribution in [0.25, 0.3) is 0 Å². The monoisotopic (exact) mass is 229 g/mol. The number of rotatable bonds is 1. The van der Waals surface area contributed by atoms with Gasteiger partial charge in [0.25, 0.3) is 0 Å². The highest BCUT2D eigenvalue weighted by Crippen LogP contribution is 2.32. The van der Waals surface area contributed by atoms with Crippen LogP contribution >= 0.6 is 0 Å². The summed E-state index contributed by atoms with van der Waals surface area (Å²) < 4.78 is 37.1. The first kappa shape index (κ1) is 11.9. The van der Waals surface area contributed by atoms with Crippen LogP contribution in [0, 0.1) is 12.3 Å². The van der Waals surface area contributed by atoms with E-state index in [1.165, 1.54) is 0 Å². The Labute approximate surface area is 88.7 Å². The maximum Gasteiger partial charge on any atom is 0.416 e. The molecular weight excluding hydrogens is 223 g/mol. The summed E-state index contributed by atoms with van der Waals surface area (Å²) in [5.41, 5.74) is 2.90. The van der Waals surface area contributed by atoms with Gasteiger partial charge < -0.3 is 10.8 Å². The molecule has 0 amide bonds. The van der Waals surface area contributed by atoms with Gasteiger partial charge in [0, 0.05) is 5.56 Å². The fourth-order valence-corrected chi connectivity index (χ4v) is 1.11. The van der Waals surface area contributed by atoms with E-state index in [4.69, 9.17) is 17.3 Å². The number of anilines is 1. The summed E-state index contributed by atoms with van der Waals surface area (Å²) in [5.74, 6) is 0.359. The van der Waals surface area contributed by atoms with E-state index in [1.54, 1.807) is 0 Å². The Hall–Kier alpha value is -2.16. The zero-order chi connectivity index (χ0) is 12.5. The Morgan fingerprint density at radius 2 is 2.00 bits per heavy atom. The summed E-state index contributed by atoms with van der Waals surface area (Å²) in [4.78, 5) is 10.7. The highest BCUT2D eigenvalue weighted by atomic mass is 19.4. The first-order valence-corrected chi connectivity index (χ1v) is 3.98. The molecule has 3 N–H and O–H groups in total. The second-order valence-electron chi connectivity index (χ2n) is 2.93. The maximum absolute atomic E-state index is 12.4. The molecule has 0 aliphatic rings. The number of hydrogen-bond acceptors (Lipinski definition) is 2. The molecule has 0 aromatic heterocycles. The number of carboxylic acids is 1. The quantitative estimate of drug-likeness (QED) is 0.571. The van der Waals surface area contributed by atoms with Crippen molar-refractivity contribution >= 4 is 11.7 Å². The van der Waals surface area contributed by atoms with Gasteiger partial charge in [-0.25, -0.2) is 4.79 Å². The average Bonchev–Trinajstić information content (AvgIpc) is 2.15. The maximum atomic E-state index is 12.4. The third-order valence-corrected chi connectivity index (χ3v) is 1.89. The highest BCUT2D eigenvalue weighted by molar-refractivity contribution is 5.95. The zero-order valence-corrected chi connectivity index (χ0v) is 7.80. The van der Waals surface area contributed by atoms with E-state index in [1.807, 2.05) is 5.92 Å². The standard InChI is InChI=1S/C10H6F3NO2/c1-2-5-3-6(10(11,12)13)4-7(8(5)14)9(15)16/h1,3-4H,14H2,(H,15,16). The molecule has 84 valence electrons. The van der Waals surface area contributed by atoms with Gasteiger partial charge in [-0.05, 0) is 12.1 Å². The van der Waals surface area contributed by atoms with Gasteiger partial charge in [-0.1, -0.05) is 5.92 Å². The van der Waals surface area contributed by atoms with Gasteiger partial charge >= 0.3 is 12.1 Å². The van der Waals surface area contributed by atoms with Crippen molar-refractivity contribution in [1.29, 1.82) is 0 Å². The summed E-state index contributed by atoms with van der Waals surface area (Å²) in [5, 5.41) is 8.66. The molecule has 0 radical (unpaired) electrons. The summed E-state index contributed by atoms with van der Waals surface area (Å²) in [7, 11) is 0. The van der Waals surface area contributed by atoms with Crippen molar-refractivity contribution in [2.24, 2.45) is 0 Å². The molecule has 16 heavy (non-hydrogen) atoms. The SMILES string of the molecule is C#Cc1cc(C(F)(F)F)cc(C(=O)O)c1N. The minimum Gasteiger partial charge on any atom is -0.478 e. The molecule has 0 spiro atoms. The fourth-order valence-electron chi connectivity index (χ4n) is 1.11. The van der Waals surface area contributed by atoms with E-state index in [9.17, 15) is 18.0 Å². The van der Waals surface area contributed by atoms with Crippen LogP contribution in [0.4, 0.5) is 18.9 Å². The first-order chi connectivity index (χ1) is 7.27. The molecule has 0 aliphatic carbocycles. The van der Waals surface area contributed by atoms with Gasteiger partial charge in [0.15, 0.2) is 0 Å². The lowest BCUT2D eigenvalue weighted by Crippen LogP contribution is -2.11. The van der Waals surface area contributed by atoms with Crippen LogP contribution in [-0.4, -0.2) is 11.1 Å². The Bertz CT molecular complexity index is 486. The highest BCUT2D eigenvalue weighted by Gasteiger charge is 2.32. The average molecular weight is 229 g/mol. The lowest BCUT2D eigenvalue weighted by Gasteiger charge is -2.10. The molecule has 0 atom stereocenters. The van der Waals surface area contributed by atoms with Gasteiger partial charge in [0.05, 0.1) is 16.8 Å². The lowest BCUT2D eigenvalue weighted by molar-refractivity contribution is -0.137. The molecule has 1 aromatic rings. The second-order valence-corrected chi connectivity index (χ2v) is 2.93. The minimum atomic E-state index is -4.66. The molecule has 6 heteroatoms. The number of hydrogen-bond donors (Lipinski definition) is 2. The summed E-state index contributed by atoms with van der Waals surface area (Å²) in [6.45, 7) is 0. The number of nitrogens with two attached hydrogens (primary N) is 1. The Morgan fingerprint density at radius 3 is 2.38 bits per heavy atom. The number of carbonyl (C=O) groups is 1. The topological polar surface area (TPSA) is 63.3 Å². The molecule has 3 nitrogen and oxygen atoms in total. The number of carboxylic acid groups (broad SMARTS) is 1. The van der Waals surface area contributed by atoms with Crippen LogP contribution in [0.3, 0.4) is 0 Å². The van der Waals surface area contributed by atoms with E-state index in [0.717, 1.165) is 0 Å². The van der Waals surface area contributed by atoms with Gasteiger partial charge in [-0.3, -0.25) is 0 Å². The molecule has 0 fully saturated rings. The summed E-state index contributed by atoms with van der Waals surface area (Å²) in [6.07, 6.45) is 0.278. The van der Waals surface area contributed by atoms with Crippen LogP contribution in [0.15, 0.2) is 12.1 Å². The predicted molar refractivity (Wildman–Crippen MR) is 50.8 cm³/mol. The van der Waals surface area contributed by atoms with Crippen molar-refractivity contribution < 1.29 is 23.1 Å². The van der Waals surface area contributed by atoms with E-state index in [-0.39, 0.29) is 11.3 Å². The van der Waals surface area contributed by atoms with E-state index < -0.39 is 23.3 Å². The van der Waals surface area contributed by atoms with Crippen LogP contribution in [0.2, 0.25) is 0 Å². The third-order valence-electron chi connectivity index (χ3n) is 1.89. The fraction of sp³-hybridized carbons (Fsp3) is 0.100. The zero-order valence-electron chi connectivity index (χ0n) is 7.80. The van der Waals surface area contributed by atoms with Crippen LogP contribution in [-0.2, 0) is 6.18 Å². The van der Waals surface area contributed by atoms with Crippen molar-refractivity contribution in [2.75, 3.05) is 5.73 Å². The Kier molecular flexibility index (Phi) is 2.81. The normalized spacial score (nSPS) is 10.9. The van der Waals surface area contributed by atoms with Gasteiger partial charge in [-0.2, -0.15) is 13.2 Å². The van der Waals surface area contributed by atoms with Gasteiger partial charge in [0.2, 0.25) is 0 Å². The molecule has 0 unspecified atom stereocenters. The van der Waals surface area contributed by atoms with Crippen molar-refractivity contribution in [3.8, 4) is 12.3 Å². The molecule has 1 aromatic carbocycles. The number of benzene rings is 1. The van der Waals surface area contributed by atoms with Crippen molar-refractivity contribution in [3.05, 3.63) is 28.8 Å². The van der Waals surface area contributed by atoms with Crippen molar-refractivity contribution in [2.45, 2.75) is 6.18 Å². The van der Waals surface area contributed by atoms with E-state index >= 15 is 0 Å². The number of nitrogen functional groups attached to an aromatic ring is 1. The predicted octanol–water partition coefficient (Wildman–Crippen LogP) is 1.97. The van der Waals surface area contributed by atoms with Crippen LogP contribution in [0.1, 0.15) is 21.5 Å². The number of terminal acetylenes is 1. The number of aromatic carboxylic acids is 1. The third kappa shape index (κ3) is 2.08. The molecule has 0 saturated carbocycles. The lowest BCUT2D eigenvalue weighted by atomic mass is 10.0.